The van der Waals surface area contributed by atoms with Gasteiger partial charge in [-0.25, -0.2) is 9.18 Å². The van der Waals surface area contributed by atoms with Gasteiger partial charge in [0.25, 0.3) is 5.69 Å². The number of fused-ring (bicyclic) bond motifs is 2. The SMILES string of the molecule is C=CCOC12Oc3ccc(Oc4ccc(-c5ccccc5)cc4)cc3C3C(CCCCO)C(CCCCO)C=C(C(=NOCC)CC1N(Cc1ccc(F)cc1)C(=O)Oc1ccc([N+](=O)[O-])cc1)C32. The molecule has 1 amide bonds. The summed E-state index contributed by atoms with van der Waals surface area (Å²) in [5.74, 6) is -1.27. The largest absolute Gasteiger partial charge is 0.459 e. The van der Waals surface area contributed by atoms with Crippen LogP contribution < -0.4 is 14.2 Å². The highest BCUT2D eigenvalue weighted by Gasteiger charge is 2.65. The topological polar surface area (TPSA) is 162 Å². The average Bonchev–Trinajstić information content (AvgIpc) is 3.36. The number of nitrogens with zero attached hydrogens (tertiary/aromatic N) is 3. The second kappa shape index (κ2) is 22.5. The number of hydrogen-bond donors (Lipinski definition) is 2. The van der Waals surface area contributed by atoms with Gasteiger partial charge in [-0.1, -0.05) is 84.7 Å². The molecule has 1 aliphatic heterocycles. The molecule has 8 rings (SSSR count). The highest BCUT2D eigenvalue weighted by molar-refractivity contribution is 6.03. The Balaban J connectivity index is 1.30. The number of hydrogen-bond acceptors (Lipinski definition) is 11. The normalized spacial score (nSPS) is 21.8. The number of allylic oxidation sites excluding steroid dienone is 1. The van der Waals surface area contributed by atoms with E-state index < -0.39 is 34.6 Å². The minimum absolute atomic E-state index is 0.00421. The number of non-ortho nitro benzene ring substituents is 1. The maximum Gasteiger partial charge on any atom is 0.416 e. The molecule has 14 heteroatoms. The minimum atomic E-state index is -1.63. The number of nitro groups is 1. The smallest absolute Gasteiger partial charge is 0.416 e. The van der Waals surface area contributed by atoms with Crippen molar-refractivity contribution in [1.82, 2.24) is 4.90 Å². The number of benzene rings is 5. The first-order valence-electron chi connectivity index (χ1n) is 23.7. The molecule has 6 atom stereocenters. The van der Waals surface area contributed by atoms with E-state index in [0.29, 0.717) is 41.4 Å². The Morgan fingerprint density at radius 1 is 0.899 bits per heavy atom. The summed E-state index contributed by atoms with van der Waals surface area (Å²) in [6, 6.07) is 33.9. The van der Waals surface area contributed by atoms with Crippen molar-refractivity contribution in [3.63, 3.8) is 0 Å². The lowest BCUT2D eigenvalue weighted by Gasteiger charge is -2.59. The predicted octanol–water partition coefficient (Wildman–Crippen LogP) is 11.5. The van der Waals surface area contributed by atoms with E-state index in [2.05, 4.69) is 24.8 Å². The van der Waals surface area contributed by atoms with Crippen molar-refractivity contribution in [3.8, 4) is 34.1 Å². The van der Waals surface area contributed by atoms with E-state index >= 15 is 0 Å². The summed E-state index contributed by atoms with van der Waals surface area (Å²) < 4.78 is 41.5. The fourth-order valence-corrected chi connectivity index (χ4v) is 10.2. The number of nitro benzene ring substituents is 1. The number of carbonyl (C=O) groups excluding carboxylic acids is 1. The molecule has 1 heterocycles. The molecule has 5 aromatic rings. The Morgan fingerprint density at radius 2 is 1.58 bits per heavy atom. The van der Waals surface area contributed by atoms with E-state index in [-0.39, 0.29) is 68.6 Å². The first-order valence-corrected chi connectivity index (χ1v) is 23.7. The Labute approximate surface area is 401 Å². The molecule has 5 aromatic carbocycles. The summed E-state index contributed by atoms with van der Waals surface area (Å²) in [5, 5.41) is 36.3. The number of oxime groups is 1. The second-order valence-electron chi connectivity index (χ2n) is 17.6. The van der Waals surface area contributed by atoms with Gasteiger partial charge in [0, 0.05) is 49.8 Å². The fourth-order valence-electron chi connectivity index (χ4n) is 10.2. The van der Waals surface area contributed by atoms with Gasteiger partial charge in [0.2, 0.25) is 5.79 Å². The predicted molar refractivity (Wildman–Crippen MR) is 260 cm³/mol. The van der Waals surface area contributed by atoms with Crippen molar-refractivity contribution in [2.75, 3.05) is 26.4 Å². The molecule has 6 unspecified atom stereocenters. The zero-order chi connectivity index (χ0) is 48.3. The summed E-state index contributed by atoms with van der Waals surface area (Å²) >= 11 is 0. The summed E-state index contributed by atoms with van der Waals surface area (Å²) in [5.41, 5.74) is 4.86. The molecular formula is C55H58FN3O10. The van der Waals surface area contributed by atoms with Gasteiger partial charge in [-0.2, -0.15) is 0 Å². The molecule has 2 aliphatic carbocycles. The molecule has 69 heavy (non-hydrogen) atoms. The number of amides is 1. The minimum Gasteiger partial charge on any atom is -0.459 e. The highest BCUT2D eigenvalue weighted by Crippen LogP contribution is 2.62. The van der Waals surface area contributed by atoms with Gasteiger partial charge in [-0.3, -0.25) is 15.0 Å². The van der Waals surface area contributed by atoms with Crippen LogP contribution in [-0.4, -0.2) is 70.1 Å². The number of carbonyl (C=O) groups is 1. The van der Waals surface area contributed by atoms with E-state index in [1.165, 1.54) is 41.3 Å². The molecule has 0 saturated heterocycles. The molecule has 360 valence electrons. The van der Waals surface area contributed by atoms with Crippen molar-refractivity contribution in [1.29, 1.82) is 0 Å². The number of ether oxygens (including phenoxy) is 4. The van der Waals surface area contributed by atoms with Crippen LogP contribution in [0.5, 0.6) is 23.0 Å². The molecule has 0 aromatic heterocycles. The van der Waals surface area contributed by atoms with Crippen molar-refractivity contribution in [2.45, 2.75) is 76.2 Å². The van der Waals surface area contributed by atoms with Crippen LogP contribution in [0.2, 0.25) is 0 Å². The van der Waals surface area contributed by atoms with Crippen LogP contribution in [0.25, 0.3) is 11.1 Å². The monoisotopic (exact) mass is 939 g/mol. The van der Waals surface area contributed by atoms with Crippen LogP contribution in [-0.2, 0) is 16.1 Å². The first kappa shape index (κ1) is 48.6. The van der Waals surface area contributed by atoms with Gasteiger partial charge in [0.05, 0.1) is 23.2 Å². The maximum atomic E-state index is 15.0. The number of halogens is 1. The van der Waals surface area contributed by atoms with E-state index in [1.807, 2.05) is 67.6 Å². The summed E-state index contributed by atoms with van der Waals surface area (Å²) in [6.45, 7) is 6.16. The average molecular weight is 940 g/mol. The van der Waals surface area contributed by atoms with Crippen LogP contribution in [0.15, 0.2) is 151 Å². The molecule has 1 fully saturated rings. The third kappa shape index (κ3) is 10.9. The second-order valence-corrected chi connectivity index (χ2v) is 17.6. The first-order chi connectivity index (χ1) is 33.7. The Hall–Kier alpha value is -6.87. The van der Waals surface area contributed by atoms with Gasteiger partial charge in [0.1, 0.15) is 41.5 Å². The van der Waals surface area contributed by atoms with Crippen LogP contribution in [0, 0.1) is 33.7 Å². The van der Waals surface area contributed by atoms with E-state index in [4.69, 9.17) is 28.9 Å². The highest BCUT2D eigenvalue weighted by atomic mass is 19.1. The van der Waals surface area contributed by atoms with Crippen LogP contribution in [0.4, 0.5) is 14.9 Å². The molecule has 0 spiro atoms. The van der Waals surface area contributed by atoms with Crippen LogP contribution >= 0.6 is 0 Å². The van der Waals surface area contributed by atoms with Gasteiger partial charge in [-0.05, 0) is 121 Å². The standard InChI is InChI=1S/C55H58FN3O10/c1-3-32-65-55-51(58(36-37-16-20-41(56)21-17-37)54(62)68-44-26-22-42(23-27-44)59(63)64)35-49(57-66-4-2)47-33-40(14-8-10-30-60)46(15-9-11-31-61)52(53(47)55)48-34-45(28-29-50(48)69-55)67-43-24-18-39(19-25-43)38-12-6-5-7-13-38/h3,5-7,12-13,16-29,33-34,40,46,51-53,60-61H,1,4,8-11,14-15,30-32,35-36H2,2H3. The van der Waals surface area contributed by atoms with E-state index in [0.717, 1.165) is 47.9 Å². The van der Waals surface area contributed by atoms with Crippen LogP contribution in [0.3, 0.4) is 0 Å². The maximum absolute atomic E-state index is 15.0. The van der Waals surface area contributed by atoms with Gasteiger partial charge in [-0.15, -0.1) is 6.58 Å². The number of unbranched alkanes of at least 4 members (excludes halogenated alkanes) is 2. The van der Waals surface area contributed by atoms with Gasteiger partial charge in [0.15, 0.2) is 0 Å². The Kier molecular flexibility index (Phi) is 15.8. The van der Waals surface area contributed by atoms with Crippen molar-refractivity contribution < 1.29 is 48.1 Å². The lowest BCUT2D eigenvalue weighted by molar-refractivity contribution is -0.384. The van der Waals surface area contributed by atoms with Gasteiger partial charge < -0.3 is 34.0 Å². The quantitative estimate of drug-likeness (QED) is 0.0313. The summed E-state index contributed by atoms with van der Waals surface area (Å²) in [4.78, 5) is 33.3. The number of rotatable bonds is 21. The number of aliphatic hydroxyl groups is 2. The van der Waals surface area contributed by atoms with Crippen molar-refractivity contribution in [3.05, 3.63) is 173 Å². The Morgan fingerprint density at radius 3 is 2.26 bits per heavy atom. The molecule has 2 N–H and O–H groups in total. The van der Waals surface area contributed by atoms with Crippen molar-refractivity contribution >= 4 is 17.5 Å². The summed E-state index contributed by atoms with van der Waals surface area (Å²) in [6.07, 6.45) is 7.36. The van der Waals surface area contributed by atoms with Crippen molar-refractivity contribution in [2.24, 2.45) is 22.9 Å². The fraction of sp³-hybridized carbons (Fsp3) is 0.345. The third-order valence-electron chi connectivity index (χ3n) is 13.3. The third-order valence-corrected chi connectivity index (χ3v) is 13.3. The lowest BCUT2D eigenvalue weighted by atomic mass is 9.55. The molecular weight excluding hydrogens is 882 g/mol. The van der Waals surface area contributed by atoms with Gasteiger partial charge >= 0.3 is 6.09 Å². The molecule has 3 aliphatic rings. The lowest BCUT2D eigenvalue weighted by Crippen LogP contribution is -2.70. The Bertz CT molecular complexity index is 2610. The van der Waals surface area contributed by atoms with E-state index in [1.54, 1.807) is 18.2 Å². The van der Waals surface area contributed by atoms with Crippen LogP contribution in [0.1, 0.15) is 68.9 Å². The molecule has 0 radical (unpaired) electrons. The summed E-state index contributed by atoms with van der Waals surface area (Å²) in [7, 11) is 0. The molecule has 13 nitrogen and oxygen atoms in total. The molecule has 0 bridgehead atoms. The molecule has 1 saturated carbocycles. The zero-order valence-corrected chi connectivity index (χ0v) is 38.7. The zero-order valence-electron chi connectivity index (χ0n) is 38.7. The van der Waals surface area contributed by atoms with E-state index in [9.17, 15) is 29.5 Å². The number of aliphatic hydroxyl groups excluding tert-OH is 2.